The summed E-state index contributed by atoms with van der Waals surface area (Å²) in [7, 11) is 1.41. The molecule has 1 aromatic carbocycles. The van der Waals surface area contributed by atoms with E-state index in [0.717, 1.165) is 16.8 Å². The molecule has 0 atom stereocenters. The smallest absolute Gasteiger partial charge is 0.337 e. The van der Waals surface area contributed by atoms with Crippen molar-refractivity contribution >= 4 is 21.9 Å². The molecular formula is C12H13BrO2. The van der Waals surface area contributed by atoms with Gasteiger partial charge < -0.3 is 4.74 Å². The molecule has 1 saturated carbocycles. The molecule has 0 heterocycles. The minimum absolute atomic E-state index is 0.270. The lowest BCUT2D eigenvalue weighted by molar-refractivity contribution is 0.0600. The minimum Gasteiger partial charge on any atom is -0.465 e. The Kier molecular flexibility index (Phi) is 3.10. The van der Waals surface area contributed by atoms with Gasteiger partial charge >= 0.3 is 5.97 Å². The molecule has 1 fully saturated rings. The highest BCUT2D eigenvalue weighted by atomic mass is 79.9. The van der Waals surface area contributed by atoms with Crippen LogP contribution >= 0.6 is 15.9 Å². The van der Waals surface area contributed by atoms with Crippen LogP contribution in [-0.2, 0) is 11.2 Å². The predicted octanol–water partition coefficient (Wildman–Crippen LogP) is 3.19. The third-order valence-corrected chi connectivity index (χ3v) is 3.06. The van der Waals surface area contributed by atoms with E-state index in [4.69, 9.17) is 4.74 Å². The van der Waals surface area contributed by atoms with Gasteiger partial charge in [0.25, 0.3) is 0 Å². The van der Waals surface area contributed by atoms with Crippen LogP contribution in [0.25, 0.3) is 0 Å². The van der Waals surface area contributed by atoms with Gasteiger partial charge in [0.15, 0.2) is 0 Å². The fourth-order valence-electron chi connectivity index (χ4n) is 1.66. The molecule has 0 saturated heterocycles. The molecule has 0 spiro atoms. The highest BCUT2D eigenvalue weighted by Crippen LogP contribution is 2.33. The van der Waals surface area contributed by atoms with E-state index < -0.39 is 0 Å². The summed E-state index contributed by atoms with van der Waals surface area (Å²) >= 11 is 3.41. The number of methoxy groups -OCH3 is 1. The Labute approximate surface area is 97.8 Å². The number of esters is 1. The van der Waals surface area contributed by atoms with Crippen LogP contribution in [0.5, 0.6) is 0 Å². The molecule has 2 nitrogen and oxygen atoms in total. The van der Waals surface area contributed by atoms with Crippen molar-refractivity contribution in [2.75, 3.05) is 7.11 Å². The number of carbonyl (C=O) groups excluding carboxylic acids is 1. The van der Waals surface area contributed by atoms with Gasteiger partial charge in [0.2, 0.25) is 0 Å². The summed E-state index contributed by atoms with van der Waals surface area (Å²) in [6.07, 6.45) is 3.71. The van der Waals surface area contributed by atoms with Crippen LogP contribution in [0.4, 0.5) is 0 Å². The van der Waals surface area contributed by atoms with Gasteiger partial charge in [0.05, 0.1) is 12.7 Å². The summed E-state index contributed by atoms with van der Waals surface area (Å²) in [4.78, 5) is 11.4. The van der Waals surface area contributed by atoms with Crippen LogP contribution in [0.2, 0.25) is 0 Å². The first-order chi connectivity index (χ1) is 7.19. The van der Waals surface area contributed by atoms with Crippen molar-refractivity contribution in [1.29, 1.82) is 0 Å². The zero-order chi connectivity index (χ0) is 10.8. The minimum atomic E-state index is -0.270. The van der Waals surface area contributed by atoms with Crippen LogP contribution < -0.4 is 0 Å². The van der Waals surface area contributed by atoms with Crippen molar-refractivity contribution in [2.45, 2.75) is 19.3 Å². The van der Waals surface area contributed by atoms with Crippen molar-refractivity contribution in [3.63, 3.8) is 0 Å². The molecule has 1 aliphatic carbocycles. The third-order valence-electron chi connectivity index (χ3n) is 2.60. The normalized spacial score (nSPS) is 15.1. The number of ether oxygens (including phenoxy) is 1. The molecular weight excluding hydrogens is 256 g/mol. The SMILES string of the molecule is COC(=O)c1cc(Br)cc(CC2CC2)c1. The largest absolute Gasteiger partial charge is 0.465 e. The molecule has 0 amide bonds. The number of halogens is 1. The zero-order valence-corrected chi connectivity index (χ0v) is 10.2. The van der Waals surface area contributed by atoms with E-state index in [1.165, 1.54) is 25.5 Å². The molecule has 1 aromatic rings. The average molecular weight is 269 g/mol. The first kappa shape index (κ1) is 10.7. The van der Waals surface area contributed by atoms with Crippen molar-refractivity contribution in [1.82, 2.24) is 0 Å². The van der Waals surface area contributed by atoms with Gasteiger partial charge in [-0.2, -0.15) is 0 Å². The standard InChI is InChI=1S/C12H13BrO2/c1-15-12(14)10-5-9(4-8-2-3-8)6-11(13)7-10/h5-8H,2-4H2,1H3. The second-order valence-electron chi connectivity index (χ2n) is 3.99. The van der Waals surface area contributed by atoms with Crippen molar-refractivity contribution in [2.24, 2.45) is 5.92 Å². The van der Waals surface area contributed by atoms with Gasteiger partial charge in [-0.25, -0.2) is 4.79 Å². The quantitative estimate of drug-likeness (QED) is 0.788. The van der Waals surface area contributed by atoms with Crippen LogP contribution in [-0.4, -0.2) is 13.1 Å². The second kappa shape index (κ2) is 4.35. The Hall–Kier alpha value is -0.830. The van der Waals surface area contributed by atoms with Crippen molar-refractivity contribution in [3.05, 3.63) is 33.8 Å². The van der Waals surface area contributed by atoms with E-state index in [1.807, 2.05) is 6.07 Å². The summed E-state index contributed by atoms with van der Waals surface area (Å²) in [6.45, 7) is 0. The maximum absolute atomic E-state index is 11.4. The van der Waals surface area contributed by atoms with Crippen LogP contribution in [0, 0.1) is 5.92 Å². The number of carbonyl (C=O) groups is 1. The van der Waals surface area contributed by atoms with E-state index in [-0.39, 0.29) is 5.97 Å². The molecule has 0 unspecified atom stereocenters. The van der Waals surface area contributed by atoms with Gasteiger partial charge in [-0.3, -0.25) is 0 Å². The topological polar surface area (TPSA) is 26.3 Å². The maximum atomic E-state index is 11.4. The highest BCUT2D eigenvalue weighted by molar-refractivity contribution is 9.10. The molecule has 1 aliphatic rings. The molecule has 80 valence electrons. The second-order valence-corrected chi connectivity index (χ2v) is 4.90. The fraction of sp³-hybridized carbons (Fsp3) is 0.417. The molecule has 0 aromatic heterocycles. The summed E-state index contributed by atoms with van der Waals surface area (Å²) in [6, 6.07) is 5.79. The molecule has 0 radical (unpaired) electrons. The molecule has 0 N–H and O–H groups in total. The van der Waals surface area contributed by atoms with Crippen molar-refractivity contribution in [3.8, 4) is 0 Å². The lowest BCUT2D eigenvalue weighted by Gasteiger charge is -2.04. The zero-order valence-electron chi connectivity index (χ0n) is 8.63. The van der Waals surface area contributed by atoms with E-state index in [2.05, 4.69) is 22.0 Å². The first-order valence-corrected chi connectivity index (χ1v) is 5.86. The Bertz CT molecular complexity index is 383. The third kappa shape index (κ3) is 2.81. The van der Waals surface area contributed by atoms with Gasteiger partial charge in [0, 0.05) is 4.47 Å². The van der Waals surface area contributed by atoms with E-state index in [1.54, 1.807) is 6.07 Å². The van der Waals surface area contributed by atoms with Crippen molar-refractivity contribution < 1.29 is 9.53 Å². The Morgan fingerprint density at radius 2 is 2.20 bits per heavy atom. The summed E-state index contributed by atoms with van der Waals surface area (Å²) in [5.41, 5.74) is 1.84. The van der Waals surface area contributed by atoms with Gasteiger partial charge in [-0.15, -0.1) is 0 Å². The maximum Gasteiger partial charge on any atom is 0.337 e. The number of rotatable bonds is 3. The first-order valence-electron chi connectivity index (χ1n) is 5.07. The molecule has 0 aliphatic heterocycles. The monoisotopic (exact) mass is 268 g/mol. The fourth-order valence-corrected chi connectivity index (χ4v) is 2.20. The highest BCUT2D eigenvalue weighted by Gasteiger charge is 2.22. The Morgan fingerprint density at radius 1 is 1.47 bits per heavy atom. The van der Waals surface area contributed by atoms with Crippen LogP contribution in [0.1, 0.15) is 28.8 Å². The Morgan fingerprint density at radius 3 is 2.80 bits per heavy atom. The predicted molar refractivity (Wildman–Crippen MR) is 61.9 cm³/mol. The lowest BCUT2D eigenvalue weighted by Crippen LogP contribution is -2.02. The van der Waals surface area contributed by atoms with E-state index >= 15 is 0 Å². The van der Waals surface area contributed by atoms with Gasteiger partial charge in [-0.05, 0) is 48.9 Å². The van der Waals surface area contributed by atoms with E-state index in [0.29, 0.717) is 5.56 Å². The summed E-state index contributed by atoms with van der Waals surface area (Å²) in [5, 5.41) is 0. The van der Waals surface area contributed by atoms with Gasteiger partial charge in [-0.1, -0.05) is 15.9 Å². The van der Waals surface area contributed by atoms with E-state index in [9.17, 15) is 4.79 Å². The van der Waals surface area contributed by atoms with Gasteiger partial charge in [0.1, 0.15) is 0 Å². The molecule has 15 heavy (non-hydrogen) atoms. The van der Waals surface area contributed by atoms with Crippen LogP contribution in [0.3, 0.4) is 0 Å². The number of hydrogen-bond donors (Lipinski definition) is 0. The average Bonchev–Trinajstić information content (AvgIpc) is 2.99. The summed E-state index contributed by atoms with van der Waals surface area (Å²) < 4.78 is 5.65. The molecule has 3 heteroatoms. The summed E-state index contributed by atoms with van der Waals surface area (Å²) in [5.74, 6) is 0.554. The molecule has 2 rings (SSSR count). The number of hydrogen-bond acceptors (Lipinski definition) is 2. The van der Waals surface area contributed by atoms with Crippen LogP contribution in [0.15, 0.2) is 22.7 Å². The lowest BCUT2D eigenvalue weighted by atomic mass is 10.1. The molecule has 0 bridgehead atoms. The Balaban J connectivity index is 2.22. The number of benzene rings is 1.